The third-order valence-corrected chi connectivity index (χ3v) is 3.53. The summed E-state index contributed by atoms with van der Waals surface area (Å²) in [6, 6.07) is 5.42. The molecule has 0 fully saturated rings. The molecule has 6 heteroatoms. The zero-order valence-electron chi connectivity index (χ0n) is 10.4. The van der Waals surface area contributed by atoms with Crippen molar-refractivity contribution < 1.29 is 14.3 Å². The third kappa shape index (κ3) is 1.69. The maximum atomic E-state index is 12.1. The van der Waals surface area contributed by atoms with E-state index in [-0.39, 0.29) is 15.9 Å². The van der Waals surface area contributed by atoms with Crippen LogP contribution >= 0.6 is 12.6 Å². The molecule has 0 saturated carbocycles. The van der Waals surface area contributed by atoms with Crippen LogP contribution in [0.3, 0.4) is 0 Å². The first-order valence-corrected chi connectivity index (χ1v) is 6.23. The number of carboxylic acids is 1. The van der Waals surface area contributed by atoms with Gasteiger partial charge < -0.3 is 9.52 Å². The second-order valence-electron chi connectivity index (χ2n) is 4.39. The molecule has 0 unspecified atom stereocenters. The minimum Gasteiger partial charge on any atom is -0.475 e. The van der Waals surface area contributed by atoms with Crippen molar-refractivity contribution in [2.24, 2.45) is 0 Å². The SMILES string of the molecule is Cc1cccc2c1ncc1c(=O)c(S)c(C(=O)O)oc12. The van der Waals surface area contributed by atoms with Crippen LogP contribution in [-0.4, -0.2) is 16.1 Å². The fourth-order valence-electron chi connectivity index (χ4n) is 2.14. The molecular formula is C14H9NO4S. The van der Waals surface area contributed by atoms with Gasteiger partial charge >= 0.3 is 5.97 Å². The number of fused-ring (bicyclic) bond motifs is 3. The Morgan fingerprint density at radius 3 is 2.80 bits per heavy atom. The summed E-state index contributed by atoms with van der Waals surface area (Å²) in [5, 5.41) is 9.91. The molecule has 0 aliphatic heterocycles. The Bertz CT molecular complexity index is 930. The summed E-state index contributed by atoms with van der Waals surface area (Å²) in [5.41, 5.74) is 1.31. The molecule has 0 radical (unpaired) electrons. The largest absolute Gasteiger partial charge is 0.475 e. The van der Waals surface area contributed by atoms with E-state index in [1.54, 1.807) is 12.1 Å². The number of aromatic carboxylic acids is 1. The van der Waals surface area contributed by atoms with Crippen LogP contribution in [0.4, 0.5) is 0 Å². The molecule has 3 rings (SSSR count). The Morgan fingerprint density at radius 2 is 2.10 bits per heavy atom. The highest BCUT2D eigenvalue weighted by Crippen LogP contribution is 2.26. The van der Waals surface area contributed by atoms with Gasteiger partial charge in [-0.1, -0.05) is 12.1 Å². The summed E-state index contributed by atoms with van der Waals surface area (Å²) >= 11 is 3.93. The number of aromatic nitrogens is 1. The summed E-state index contributed by atoms with van der Waals surface area (Å²) in [4.78, 5) is 27.3. The molecule has 1 aromatic carbocycles. The van der Waals surface area contributed by atoms with E-state index in [2.05, 4.69) is 17.6 Å². The molecule has 0 bridgehead atoms. The fourth-order valence-corrected chi connectivity index (χ4v) is 2.41. The number of carbonyl (C=O) groups is 1. The normalized spacial score (nSPS) is 11.1. The number of hydrogen-bond donors (Lipinski definition) is 2. The predicted octanol–water partition coefficient (Wildman–Crippen LogP) is 2.64. The molecule has 0 aliphatic rings. The zero-order valence-corrected chi connectivity index (χ0v) is 11.3. The van der Waals surface area contributed by atoms with Gasteiger partial charge in [-0.3, -0.25) is 9.78 Å². The average Bonchev–Trinajstić information content (AvgIpc) is 2.42. The molecule has 1 N–H and O–H groups in total. The summed E-state index contributed by atoms with van der Waals surface area (Å²) in [7, 11) is 0. The van der Waals surface area contributed by atoms with Gasteiger partial charge in [-0.2, -0.15) is 0 Å². The van der Waals surface area contributed by atoms with Crippen LogP contribution in [-0.2, 0) is 0 Å². The highest BCUT2D eigenvalue weighted by molar-refractivity contribution is 7.80. The molecule has 2 aromatic heterocycles. The van der Waals surface area contributed by atoms with Crippen molar-refractivity contribution in [2.75, 3.05) is 0 Å². The second-order valence-corrected chi connectivity index (χ2v) is 4.83. The van der Waals surface area contributed by atoms with E-state index in [4.69, 9.17) is 9.52 Å². The maximum absolute atomic E-state index is 12.1. The minimum absolute atomic E-state index is 0.220. The van der Waals surface area contributed by atoms with Crippen LogP contribution in [0.1, 0.15) is 16.1 Å². The smallest absolute Gasteiger partial charge is 0.373 e. The molecule has 3 aromatic rings. The number of thiol groups is 1. The van der Waals surface area contributed by atoms with Gasteiger partial charge in [0.2, 0.25) is 11.2 Å². The van der Waals surface area contributed by atoms with Crippen LogP contribution in [0.2, 0.25) is 0 Å². The van der Waals surface area contributed by atoms with Crippen molar-refractivity contribution >= 4 is 40.5 Å². The molecule has 20 heavy (non-hydrogen) atoms. The van der Waals surface area contributed by atoms with Gasteiger partial charge in [0.15, 0.2) is 0 Å². The summed E-state index contributed by atoms with van der Waals surface area (Å²) < 4.78 is 5.39. The summed E-state index contributed by atoms with van der Waals surface area (Å²) in [6.45, 7) is 1.88. The lowest BCUT2D eigenvalue weighted by molar-refractivity contribution is 0.0657. The molecule has 2 heterocycles. The number of rotatable bonds is 1. The van der Waals surface area contributed by atoms with Gasteiger partial charge in [-0.15, -0.1) is 12.6 Å². The Kier molecular flexibility index (Phi) is 2.76. The average molecular weight is 287 g/mol. The quantitative estimate of drug-likeness (QED) is 0.531. The van der Waals surface area contributed by atoms with Gasteiger partial charge in [-0.05, 0) is 18.6 Å². The molecule has 0 atom stereocenters. The Hall–Kier alpha value is -2.34. The first kappa shape index (κ1) is 12.7. The summed E-state index contributed by atoms with van der Waals surface area (Å²) in [6.07, 6.45) is 1.39. The Balaban J connectivity index is 2.60. The van der Waals surface area contributed by atoms with Crippen LogP contribution in [0.25, 0.3) is 21.9 Å². The van der Waals surface area contributed by atoms with Gasteiger partial charge in [0.05, 0.1) is 10.9 Å². The van der Waals surface area contributed by atoms with E-state index in [1.807, 2.05) is 13.0 Å². The number of benzene rings is 1. The van der Waals surface area contributed by atoms with Crippen molar-refractivity contribution in [3.05, 3.63) is 45.9 Å². The summed E-state index contributed by atoms with van der Waals surface area (Å²) in [5.74, 6) is -1.79. The van der Waals surface area contributed by atoms with E-state index in [0.717, 1.165) is 5.56 Å². The molecule has 0 amide bonds. The molecule has 5 nitrogen and oxygen atoms in total. The second kappa shape index (κ2) is 4.35. The Labute approximate surface area is 118 Å². The zero-order chi connectivity index (χ0) is 14.4. The van der Waals surface area contributed by atoms with E-state index >= 15 is 0 Å². The molecule has 0 spiro atoms. The van der Waals surface area contributed by atoms with E-state index < -0.39 is 17.2 Å². The van der Waals surface area contributed by atoms with Crippen molar-refractivity contribution in [3.63, 3.8) is 0 Å². The molecule has 0 aliphatic carbocycles. The molecule has 0 saturated heterocycles. The topological polar surface area (TPSA) is 80.4 Å². The van der Waals surface area contributed by atoms with Crippen molar-refractivity contribution in [2.45, 2.75) is 11.8 Å². The molecular weight excluding hydrogens is 278 g/mol. The van der Waals surface area contributed by atoms with Gasteiger partial charge in [0, 0.05) is 11.6 Å². The van der Waals surface area contributed by atoms with Crippen LogP contribution in [0.15, 0.2) is 38.5 Å². The highest BCUT2D eigenvalue weighted by Gasteiger charge is 2.19. The van der Waals surface area contributed by atoms with E-state index in [0.29, 0.717) is 10.9 Å². The van der Waals surface area contributed by atoms with Crippen LogP contribution < -0.4 is 5.43 Å². The highest BCUT2D eigenvalue weighted by atomic mass is 32.1. The first-order valence-electron chi connectivity index (χ1n) is 5.78. The maximum Gasteiger partial charge on any atom is 0.373 e. The van der Waals surface area contributed by atoms with E-state index in [1.165, 1.54) is 6.20 Å². The monoisotopic (exact) mass is 287 g/mol. The predicted molar refractivity (Wildman–Crippen MR) is 76.7 cm³/mol. The van der Waals surface area contributed by atoms with Crippen molar-refractivity contribution in [3.8, 4) is 0 Å². The van der Waals surface area contributed by atoms with Crippen molar-refractivity contribution in [1.29, 1.82) is 0 Å². The number of nitrogens with zero attached hydrogens (tertiary/aromatic N) is 1. The number of hydrogen-bond acceptors (Lipinski definition) is 5. The van der Waals surface area contributed by atoms with E-state index in [9.17, 15) is 9.59 Å². The lowest BCUT2D eigenvalue weighted by Gasteiger charge is -2.06. The molecule has 100 valence electrons. The Morgan fingerprint density at radius 1 is 1.35 bits per heavy atom. The van der Waals surface area contributed by atoms with Gasteiger partial charge in [-0.25, -0.2) is 4.79 Å². The number of pyridine rings is 1. The van der Waals surface area contributed by atoms with Gasteiger partial charge in [0.25, 0.3) is 0 Å². The van der Waals surface area contributed by atoms with Gasteiger partial charge in [0.1, 0.15) is 10.5 Å². The van der Waals surface area contributed by atoms with Crippen molar-refractivity contribution in [1.82, 2.24) is 4.98 Å². The number of para-hydroxylation sites is 1. The fraction of sp³-hybridized carbons (Fsp3) is 0.0714. The standard InChI is InChI=1S/C14H9NO4S/c1-6-3-2-4-7-9(6)15-5-8-10(16)13(20)12(14(17)18)19-11(7)8/h2-5,20H,1H3,(H,17,18). The van der Waals surface area contributed by atoms with Crippen LogP contribution in [0, 0.1) is 6.92 Å². The third-order valence-electron chi connectivity index (χ3n) is 3.12. The number of aryl methyl sites for hydroxylation is 1. The number of carboxylic acid groups (broad SMARTS) is 1. The lowest BCUT2D eigenvalue weighted by Crippen LogP contribution is -2.11. The lowest BCUT2D eigenvalue weighted by atomic mass is 10.1. The minimum atomic E-state index is -1.33. The first-order chi connectivity index (χ1) is 9.50. The van der Waals surface area contributed by atoms with Crippen LogP contribution in [0.5, 0.6) is 0 Å².